The molecule has 2 heterocycles. The molecule has 8 heteroatoms. The average molecular weight is 431 g/mol. The molecule has 1 saturated heterocycles. The normalized spacial score (nSPS) is 15.4. The van der Waals surface area contributed by atoms with Gasteiger partial charge in [-0.1, -0.05) is 19.1 Å². The van der Waals surface area contributed by atoms with Crippen LogP contribution in [-0.2, 0) is 9.84 Å². The molecule has 6 nitrogen and oxygen atoms in total. The van der Waals surface area contributed by atoms with Crippen LogP contribution in [0.5, 0.6) is 5.75 Å². The summed E-state index contributed by atoms with van der Waals surface area (Å²) < 4.78 is 52.1. The fourth-order valence-corrected chi connectivity index (χ4v) is 4.82. The number of halogens is 1. The molecule has 0 unspecified atom stereocenters. The van der Waals surface area contributed by atoms with E-state index >= 15 is 0 Å². The van der Waals surface area contributed by atoms with E-state index in [0.717, 1.165) is 12.8 Å². The zero-order valence-electron chi connectivity index (χ0n) is 16.8. The molecule has 0 amide bonds. The van der Waals surface area contributed by atoms with E-state index in [4.69, 9.17) is 9.15 Å². The van der Waals surface area contributed by atoms with Crippen LogP contribution in [0, 0.1) is 11.7 Å². The molecule has 2 aromatic carbocycles. The highest BCUT2D eigenvalue weighted by atomic mass is 32.2. The molecule has 0 radical (unpaired) electrons. The molecule has 0 bridgehead atoms. The summed E-state index contributed by atoms with van der Waals surface area (Å²) in [7, 11) is -2.47. The lowest BCUT2D eigenvalue weighted by Crippen LogP contribution is -2.33. The van der Waals surface area contributed by atoms with Gasteiger partial charge in [0.2, 0.25) is 26.6 Å². The third-order valence-corrected chi connectivity index (χ3v) is 7.05. The van der Waals surface area contributed by atoms with E-state index in [1.165, 1.54) is 31.4 Å². The number of piperidine rings is 1. The van der Waals surface area contributed by atoms with Crippen molar-refractivity contribution in [3.63, 3.8) is 0 Å². The van der Waals surface area contributed by atoms with Crippen LogP contribution in [0.4, 0.5) is 10.3 Å². The second-order valence-corrected chi connectivity index (χ2v) is 9.32. The van der Waals surface area contributed by atoms with Crippen molar-refractivity contribution in [2.75, 3.05) is 25.1 Å². The minimum atomic E-state index is -3.98. The fraction of sp³-hybridized carbons (Fsp3) is 0.318. The van der Waals surface area contributed by atoms with Crippen LogP contribution in [0.1, 0.15) is 19.8 Å². The molecule has 30 heavy (non-hydrogen) atoms. The van der Waals surface area contributed by atoms with Crippen molar-refractivity contribution in [1.29, 1.82) is 0 Å². The van der Waals surface area contributed by atoms with Gasteiger partial charge in [0.25, 0.3) is 0 Å². The van der Waals surface area contributed by atoms with Gasteiger partial charge in [0.05, 0.1) is 17.6 Å². The predicted octanol–water partition coefficient (Wildman–Crippen LogP) is 4.56. The van der Waals surface area contributed by atoms with Gasteiger partial charge in [-0.3, -0.25) is 0 Å². The molecule has 1 aliphatic heterocycles. The topological polar surface area (TPSA) is 72.6 Å². The smallest absolute Gasteiger partial charge is 0.236 e. The molecule has 1 aliphatic rings. The quantitative estimate of drug-likeness (QED) is 0.591. The molecule has 1 aromatic heterocycles. The number of hydrogen-bond donors (Lipinski definition) is 0. The van der Waals surface area contributed by atoms with Crippen LogP contribution >= 0.6 is 0 Å². The minimum absolute atomic E-state index is 0.0474. The first-order chi connectivity index (χ1) is 14.4. The maximum Gasteiger partial charge on any atom is 0.236 e. The van der Waals surface area contributed by atoms with Gasteiger partial charge in [0.1, 0.15) is 11.6 Å². The Balaban J connectivity index is 1.83. The van der Waals surface area contributed by atoms with Crippen LogP contribution in [0.3, 0.4) is 0 Å². The molecule has 3 aromatic rings. The number of methoxy groups -OCH3 is 1. The van der Waals surface area contributed by atoms with Crippen LogP contribution in [-0.4, -0.2) is 33.6 Å². The lowest BCUT2D eigenvalue weighted by molar-refractivity contribution is 0.414. The number of anilines is 1. The Hall–Kier alpha value is -2.87. The van der Waals surface area contributed by atoms with Gasteiger partial charge in [-0.25, -0.2) is 12.8 Å². The fourth-order valence-electron chi connectivity index (χ4n) is 3.50. The highest BCUT2D eigenvalue weighted by molar-refractivity contribution is 7.91. The summed E-state index contributed by atoms with van der Waals surface area (Å²) in [5.74, 6) is 0.694. The Morgan fingerprint density at radius 2 is 1.77 bits per heavy atom. The van der Waals surface area contributed by atoms with E-state index in [1.807, 2.05) is 4.90 Å². The zero-order chi connectivity index (χ0) is 21.3. The third-order valence-electron chi connectivity index (χ3n) is 5.38. The third kappa shape index (κ3) is 3.79. The van der Waals surface area contributed by atoms with Gasteiger partial charge < -0.3 is 14.1 Å². The number of rotatable bonds is 5. The molecule has 0 aliphatic carbocycles. The molecule has 158 valence electrons. The summed E-state index contributed by atoms with van der Waals surface area (Å²) >= 11 is 0. The number of benzene rings is 2. The first-order valence-corrected chi connectivity index (χ1v) is 11.3. The van der Waals surface area contributed by atoms with Crippen LogP contribution < -0.4 is 9.64 Å². The van der Waals surface area contributed by atoms with Crippen molar-refractivity contribution < 1.29 is 22.0 Å². The SMILES string of the molecule is COc1ccc(S(=O)(=O)c2nc(-c3ccccc3F)oc2N2CCC(C)CC2)cc1. The molecule has 0 saturated carbocycles. The largest absolute Gasteiger partial charge is 0.497 e. The summed E-state index contributed by atoms with van der Waals surface area (Å²) in [5.41, 5.74) is 0.125. The van der Waals surface area contributed by atoms with Gasteiger partial charge in [0.15, 0.2) is 0 Å². The lowest BCUT2D eigenvalue weighted by atomic mass is 9.99. The molecule has 1 fully saturated rings. The summed E-state index contributed by atoms with van der Waals surface area (Å²) in [5, 5.41) is -0.194. The van der Waals surface area contributed by atoms with Gasteiger partial charge in [0, 0.05) is 13.1 Å². The highest BCUT2D eigenvalue weighted by Gasteiger charge is 2.33. The van der Waals surface area contributed by atoms with Gasteiger partial charge in [-0.2, -0.15) is 4.98 Å². The van der Waals surface area contributed by atoms with E-state index in [-0.39, 0.29) is 27.3 Å². The van der Waals surface area contributed by atoms with Gasteiger partial charge in [-0.15, -0.1) is 0 Å². The standard InChI is InChI=1S/C22H23FN2O4S/c1-15-11-13-25(14-12-15)22-21(24-20(29-22)18-5-3-4-6-19(18)23)30(26,27)17-9-7-16(28-2)8-10-17/h3-10,15H,11-14H2,1-2H3. The van der Waals surface area contributed by atoms with E-state index in [2.05, 4.69) is 11.9 Å². The summed E-state index contributed by atoms with van der Waals surface area (Å²) in [6.07, 6.45) is 1.83. The van der Waals surface area contributed by atoms with Crippen LogP contribution in [0.2, 0.25) is 0 Å². The molecule has 0 spiro atoms. The number of nitrogens with zero attached hydrogens (tertiary/aromatic N) is 2. The minimum Gasteiger partial charge on any atom is -0.497 e. The van der Waals surface area contributed by atoms with Crippen molar-refractivity contribution in [2.45, 2.75) is 29.7 Å². The predicted molar refractivity (Wildman–Crippen MR) is 111 cm³/mol. The van der Waals surface area contributed by atoms with E-state index < -0.39 is 15.7 Å². The Labute approximate surface area is 175 Å². The van der Waals surface area contributed by atoms with Crippen LogP contribution in [0.25, 0.3) is 11.5 Å². The van der Waals surface area contributed by atoms with Crippen molar-refractivity contribution >= 4 is 15.7 Å². The van der Waals surface area contributed by atoms with E-state index in [9.17, 15) is 12.8 Å². The monoisotopic (exact) mass is 430 g/mol. The zero-order valence-corrected chi connectivity index (χ0v) is 17.7. The average Bonchev–Trinajstić information content (AvgIpc) is 3.21. The maximum absolute atomic E-state index is 14.3. The highest BCUT2D eigenvalue weighted by Crippen LogP contribution is 2.37. The van der Waals surface area contributed by atoms with Gasteiger partial charge >= 0.3 is 0 Å². The van der Waals surface area contributed by atoms with Crippen molar-refractivity contribution in [3.05, 3.63) is 54.3 Å². The Morgan fingerprint density at radius 1 is 1.10 bits per heavy atom. The second-order valence-electron chi connectivity index (χ2n) is 7.46. The number of sulfone groups is 1. The summed E-state index contributed by atoms with van der Waals surface area (Å²) in [4.78, 5) is 6.21. The first-order valence-electron chi connectivity index (χ1n) is 9.80. The number of ether oxygens (including phenoxy) is 1. The van der Waals surface area contributed by atoms with E-state index in [1.54, 1.807) is 24.3 Å². The Kier molecular flexibility index (Phi) is 5.51. The van der Waals surface area contributed by atoms with Crippen molar-refractivity contribution in [3.8, 4) is 17.2 Å². The maximum atomic E-state index is 14.3. The number of hydrogen-bond acceptors (Lipinski definition) is 6. The lowest BCUT2D eigenvalue weighted by Gasteiger charge is -2.30. The number of aromatic nitrogens is 1. The molecule has 4 rings (SSSR count). The van der Waals surface area contributed by atoms with Crippen LogP contribution in [0.15, 0.2) is 62.9 Å². The van der Waals surface area contributed by atoms with E-state index in [0.29, 0.717) is 24.8 Å². The molecular formula is C22H23FN2O4S. The molecule has 0 N–H and O–H groups in total. The Morgan fingerprint density at radius 3 is 2.40 bits per heavy atom. The molecular weight excluding hydrogens is 407 g/mol. The number of oxazole rings is 1. The summed E-state index contributed by atoms with van der Waals surface area (Å²) in [6, 6.07) is 12.1. The first kappa shape index (κ1) is 20.4. The van der Waals surface area contributed by atoms with Crippen molar-refractivity contribution in [1.82, 2.24) is 4.98 Å². The Bertz CT molecular complexity index is 1130. The molecule has 0 atom stereocenters. The van der Waals surface area contributed by atoms with Gasteiger partial charge in [-0.05, 0) is 55.2 Å². The summed E-state index contributed by atoms with van der Waals surface area (Å²) in [6.45, 7) is 3.47. The van der Waals surface area contributed by atoms with Crippen molar-refractivity contribution in [2.24, 2.45) is 5.92 Å². The second kappa shape index (κ2) is 8.10.